The molecular formula is C16H26N2O. The van der Waals surface area contributed by atoms with E-state index in [-0.39, 0.29) is 0 Å². The van der Waals surface area contributed by atoms with Gasteiger partial charge in [-0.15, -0.1) is 0 Å². The van der Waals surface area contributed by atoms with Crippen LogP contribution in [0.2, 0.25) is 0 Å². The zero-order valence-electron chi connectivity index (χ0n) is 12.6. The molecule has 0 aliphatic heterocycles. The van der Waals surface area contributed by atoms with Crippen molar-refractivity contribution in [1.29, 1.82) is 0 Å². The Balaban J connectivity index is 2.23. The number of aryl methyl sites for hydroxylation is 2. The number of anilines is 1. The third-order valence-corrected chi connectivity index (χ3v) is 4.63. The molecule has 0 heterocycles. The van der Waals surface area contributed by atoms with Crippen LogP contribution in [-0.2, 0) is 0 Å². The molecule has 1 saturated carbocycles. The molecule has 0 unspecified atom stereocenters. The summed E-state index contributed by atoms with van der Waals surface area (Å²) >= 11 is 0. The van der Waals surface area contributed by atoms with Crippen molar-refractivity contribution in [1.82, 2.24) is 0 Å². The smallest absolute Gasteiger partial charge is 0.142 e. The van der Waals surface area contributed by atoms with Gasteiger partial charge in [-0.25, -0.2) is 0 Å². The van der Waals surface area contributed by atoms with E-state index in [4.69, 9.17) is 10.5 Å². The molecule has 0 amide bonds. The first-order valence-corrected chi connectivity index (χ1v) is 7.08. The second-order valence-corrected chi connectivity index (χ2v) is 6.02. The molecule has 106 valence electrons. The fourth-order valence-electron chi connectivity index (χ4n) is 2.93. The number of nitrogens with zero attached hydrogens (tertiary/aromatic N) is 1. The van der Waals surface area contributed by atoms with E-state index in [1.165, 1.54) is 36.1 Å². The number of benzene rings is 1. The molecule has 3 heteroatoms. The number of hydrogen-bond acceptors (Lipinski definition) is 3. The van der Waals surface area contributed by atoms with Crippen molar-refractivity contribution in [2.24, 2.45) is 11.1 Å². The first kappa shape index (κ1) is 14.2. The van der Waals surface area contributed by atoms with Gasteiger partial charge in [-0.1, -0.05) is 6.42 Å². The van der Waals surface area contributed by atoms with Gasteiger partial charge in [-0.3, -0.25) is 0 Å². The summed E-state index contributed by atoms with van der Waals surface area (Å²) in [7, 11) is 3.88. The summed E-state index contributed by atoms with van der Waals surface area (Å²) in [6.45, 7) is 6.07. The molecule has 0 aromatic heterocycles. The average Bonchev–Trinajstić information content (AvgIpc) is 2.36. The molecule has 3 nitrogen and oxygen atoms in total. The third kappa shape index (κ3) is 2.71. The Morgan fingerprint density at radius 3 is 2.37 bits per heavy atom. The number of hydrogen-bond donors (Lipinski definition) is 1. The predicted molar refractivity (Wildman–Crippen MR) is 81.1 cm³/mol. The monoisotopic (exact) mass is 262 g/mol. The van der Waals surface area contributed by atoms with E-state index in [2.05, 4.69) is 37.9 Å². The number of rotatable bonds is 5. The normalized spacial score (nSPS) is 16.9. The van der Waals surface area contributed by atoms with Crippen LogP contribution in [-0.4, -0.2) is 27.2 Å². The quantitative estimate of drug-likeness (QED) is 0.886. The van der Waals surface area contributed by atoms with Gasteiger partial charge in [-0.2, -0.15) is 0 Å². The van der Waals surface area contributed by atoms with Crippen LogP contribution in [0.1, 0.15) is 30.4 Å². The fraction of sp³-hybridized carbons (Fsp3) is 0.625. The highest BCUT2D eigenvalue weighted by atomic mass is 16.5. The van der Waals surface area contributed by atoms with Crippen molar-refractivity contribution in [3.63, 3.8) is 0 Å². The van der Waals surface area contributed by atoms with E-state index in [1.54, 1.807) is 7.11 Å². The Morgan fingerprint density at radius 1 is 1.26 bits per heavy atom. The van der Waals surface area contributed by atoms with Gasteiger partial charge in [0.15, 0.2) is 0 Å². The van der Waals surface area contributed by atoms with Crippen LogP contribution in [0.15, 0.2) is 12.1 Å². The maximum Gasteiger partial charge on any atom is 0.142 e. The average molecular weight is 262 g/mol. The highest BCUT2D eigenvalue weighted by molar-refractivity contribution is 5.61. The van der Waals surface area contributed by atoms with E-state index < -0.39 is 0 Å². The summed E-state index contributed by atoms with van der Waals surface area (Å²) in [5.41, 5.74) is 10.0. The Bertz CT molecular complexity index is 447. The van der Waals surface area contributed by atoms with E-state index in [0.29, 0.717) is 5.41 Å². The largest absolute Gasteiger partial charge is 0.495 e. The summed E-state index contributed by atoms with van der Waals surface area (Å²) in [5, 5.41) is 0. The molecule has 1 aliphatic carbocycles. The van der Waals surface area contributed by atoms with Crippen LogP contribution in [0.5, 0.6) is 5.75 Å². The molecule has 0 saturated heterocycles. The standard InChI is InChI=1S/C16H26N2O/c1-12-8-14(15(19-4)9-13(12)2)18(3)11-16(10-17)6-5-7-16/h8-9H,5-7,10-11,17H2,1-4H3. The van der Waals surface area contributed by atoms with Gasteiger partial charge in [0.2, 0.25) is 0 Å². The van der Waals surface area contributed by atoms with Crippen LogP contribution < -0.4 is 15.4 Å². The zero-order chi connectivity index (χ0) is 14.0. The topological polar surface area (TPSA) is 38.5 Å². The SMILES string of the molecule is COc1cc(C)c(C)cc1N(C)CC1(CN)CCC1. The lowest BCUT2D eigenvalue weighted by Crippen LogP contribution is -2.46. The maximum absolute atomic E-state index is 5.96. The first-order chi connectivity index (χ1) is 9.01. The Hall–Kier alpha value is -1.22. The third-order valence-electron chi connectivity index (χ3n) is 4.63. The highest BCUT2D eigenvalue weighted by Gasteiger charge is 2.36. The molecule has 1 aliphatic rings. The first-order valence-electron chi connectivity index (χ1n) is 7.08. The van der Waals surface area contributed by atoms with E-state index in [9.17, 15) is 0 Å². The van der Waals surface area contributed by atoms with Crippen molar-refractivity contribution < 1.29 is 4.74 Å². The van der Waals surface area contributed by atoms with E-state index in [0.717, 1.165) is 18.8 Å². The number of methoxy groups -OCH3 is 1. The molecule has 0 spiro atoms. The van der Waals surface area contributed by atoms with Gasteiger partial charge in [0.25, 0.3) is 0 Å². The Labute approximate surface area is 116 Å². The molecule has 1 aromatic rings. The predicted octanol–water partition coefficient (Wildman–Crippen LogP) is 2.88. The highest BCUT2D eigenvalue weighted by Crippen LogP contribution is 2.42. The number of ether oxygens (including phenoxy) is 1. The molecule has 0 atom stereocenters. The van der Waals surface area contributed by atoms with Crippen LogP contribution in [0, 0.1) is 19.3 Å². The van der Waals surface area contributed by atoms with Crippen LogP contribution in [0.3, 0.4) is 0 Å². The molecule has 0 bridgehead atoms. The van der Waals surface area contributed by atoms with Gasteiger partial charge in [0.05, 0.1) is 12.8 Å². The second kappa shape index (κ2) is 5.41. The van der Waals surface area contributed by atoms with Crippen molar-refractivity contribution >= 4 is 5.69 Å². The van der Waals surface area contributed by atoms with Crippen molar-refractivity contribution in [3.8, 4) is 5.75 Å². The molecule has 2 N–H and O–H groups in total. The van der Waals surface area contributed by atoms with Crippen LogP contribution >= 0.6 is 0 Å². The minimum atomic E-state index is 0.318. The molecule has 1 aromatic carbocycles. The summed E-state index contributed by atoms with van der Waals surface area (Å²) in [4.78, 5) is 2.30. The summed E-state index contributed by atoms with van der Waals surface area (Å²) in [6, 6.07) is 4.34. The minimum Gasteiger partial charge on any atom is -0.495 e. The molecule has 19 heavy (non-hydrogen) atoms. The fourth-order valence-corrected chi connectivity index (χ4v) is 2.93. The summed E-state index contributed by atoms with van der Waals surface area (Å²) in [5.74, 6) is 0.956. The Kier molecular flexibility index (Phi) is 4.04. The second-order valence-electron chi connectivity index (χ2n) is 6.02. The van der Waals surface area contributed by atoms with Gasteiger partial charge >= 0.3 is 0 Å². The van der Waals surface area contributed by atoms with Gasteiger partial charge in [-0.05, 0) is 56.5 Å². The van der Waals surface area contributed by atoms with Gasteiger partial charge in [0, 0.05) is 19.0 Å². The number of nitrogens with two attached hydrogens (primary N) is 1. The van der Waals surface area contributed by atoms with E-state index >= 15 is 0 Å². The molecular weight excluding hydrogens is 236 g/mol. The maximum atomic E-state index is 5.96. The van der Waals surface area contributed by atoms with Gasteiger partial charge < -0.3 is 15.4 Å². The minimum absolute atomic E-state index is 0.318. The lowest BCUT2D eigenvalue weighted by Gasteiger charge is -2.44. The summed E-state index contributed by atoms with van der Waals surface area (Å²) < 4.78 is 5.53. The van der Waals surface area contributed by atoms with Crippen LogP contribution in [0.4, 0.5) is 5.69 Å². The Morgan fingerprint density at radius 2 is 1.89 bits per heavy atom. The lowest BCUT2D eigenvalue weighted by atomic mass is 9.68. The van der Waals surface area contributed by atoms with Gasteiger partial charge in [0.1, 0.15) is 5.75 Å². The molecule has 0 radical (unpaired) electrons. The van der Waals surface area contributed by atoms with E-state index in [1.807, 2.05) is 0 Å². The molecule has 1 fully saturated rings. The van der Waals surface area contributed by atoms with Crippen LogP contribution in [0.25, 0.3) is 0 Å². The van der Waals surface area contributed by atoms with Crippen molar-refractivity contribution in [2.75, 3.05) is 32.1 Å². The summed E-state index contributed by atoms with van der Waals surface area (Å²) in [6.07, 6.45) is 3.82. The van der Waals surface area contributed by atoms with Crippen molar-refractivity contribution in [2.45, 2.75) is 33.1 Å². The lowest BCUT2D eigenvalue weighted by molar-refractivity contribution is 0.154. The van der Waals surface area contributed by atoms with Crippen molar-refractivity contribution in [3.05, 3.63) is 23.3 Å². The molecule has 2 rings (SSSR count). The zero-order valence-corrected chi connectivity index (χ0v) is 12.6.